The van der Waals surface area contributed by atoms with Gasteiger partial charge in [0.05, 0.1) is 0 Å². The summed E-state index contributed by atoms with van der Waals surface area (Å²) in [7, 11) is 0. The van der Waals surface area contributed by atoms with Crippen molar-refractivity contribution in [3.63, 3.8) is 0 Å². The van der Waals surface area contributed by atoms with Gasteiger partial charge in [-0.05, 0) is 43.4 Å². The molecular weight excluding hydrogens is 132 g/mol. The van der Waals surface area contributed by atoms with Crippen LogP contribution in [0.15, 0.2) is 0 Å². The van der Waals surface area contributed by atoms with E-state index in [4.69, 9.17) is 6.42 Å². The average Bonchev–Trinajstić information content (AvgIpc) is 2.60. The van der Waals surface area contributed by atoms with Crippen molar-refractivity contribution >= 4 is 0 Å². The lowest BCUT2D eigenvalue weighted by Crippen LogP contribution is -2.09. The van der Waals surface area contributed by atoms with Crippen LogP contribution in [0.2, 0.25) is 0 Å². The zero-order valence-corrected chi connectivity index (χ0v) is 7.05. The van der Waals surface area contributed by atoms with Crippen LogP contribution in [0, 0.1) is 30.1 Å². The van der Waals surface area contributed by atoms with E-state index >= 15 is 0 Å². The number of terminal acetylenes is 1. The van der Waals surface area contributed by atoms with Gasteiger partial charge in [0.15, 0.2) is 0 Å². The molecule has 0 heterocycles. The Morgan fingerprint density at radius 1 is 1.27 bits per heavy atom. The maximum atomic E-state index is 5.25. The van der Waals surface area contributed by atoms with E-state index in [0.717, 1.165) is 24.2 Å². The molecule has 2 aliphatic carbocycles. The Balaban J connectivity index is 1.84. The second-order valence-electron chi connectivity index (χ2n) is 4.18. The molecule has 2 bridgehead atoms. The third kappa shape index (κ3) is 1.29. The van der Waals surface area contributed by atoms with E-state index in [1.807, 2.05) is 0 Å². The molecule has 2 aliphatic rings. The highest BCUT2D eigenvalue weighted by molar-refractivity contribution is 4.92. The van der Waals surface area contributed by atoms with Gasteiger partial charge in [0.1, 0.15) is 0 Å². The van der Waals surface area contributed by atoms with Crippen LogP contribution in [0.4, 0.5) is 0 Å². The quantitative estimate of drug-likeness (QED) is 0.528. The number of hydrogen-bond donors (Lipinski definition) is 0. The SMILES string of the molecule is C#CCCC1CC2CCC1C2. The Bertz CT molecular complexity index is 175. The van der Waals surface area contributed by atoms with E-state index in [1.165, 1.54) is 32.1 Å². The van der Waals surface area contributed by atoms with Crippen molar-refractivity contribution < 1.29 is 0 Å². The molecule has 2 fully saturated rings. The summed E-state index contributed by atoms with van der Waals surface area (Å²) in [4.78, 5) is 0. The molecule has 11 heavy (non-hydrogen) atoms. The van der Waals surface area contributed by atoms with Crippen molar-refractivity contribution in [3.05, 3.63) is 0 Å². The lowest BCUT2D eigenvalue weighted by Gasteiger charge is -2.20. The van der Waals surface area contributed by atoms with Crippen molar-refractivity contribution in [3.8, 4) is 12.3 Å². The summed E-state index contributed by atoms with van der Waals surface area (Å²) in [6, 6.07) is 0. The van der Waals surface area contributed by atoms with Gasteiger partial charge in [0, 0.05) is 6.42 Å². The molecule has 0 spiro atoms. The van der Waals surface area contributed by atoms with Gasteiger partial charge in [-0.3, -0.25) is 0 Å². The fourth-order valence-corrected chi connectivity index (χ4v) is 3.00. The topological polar surface area (TPSA) is 0 Å². The fraction of sp³-hybridized carbons (Fsp3) is 0.818. The highest BCUT2D eigenvalue weighted by Gasteiger charge is 2.38. The van der Waals surface area contributed by atoms with Gasteiger partial charge in [-0.15, -0.1) is 12.3 Å². The van der Waals surface area contributed by atoms with Crippen LogP contribution < -0.4 is 0 Å². The number of fused-ring (bicyclic) bond motifs is 2. The fourth-order valence-electron chi connectivity index (χ4n) is 3.00. The van der Waals surface area contributed by atoms with E-state index in [-0.39, 0.29) is 0 Å². The van der Waals surface area contributed by atoms with Gasteiger partial charge >= 0.3 is 0 Å². The number of hydrogen-bond acceptors (Lipinski definition) is 0. The second kappa shape index (κ2) is 2.89. The summed E-state index contributed by atoms with van der Waals surface area (Å²) in [5.41, 5.74) is 0. The molecule has 3 atom stereocenters. The predicted molar refractivity (Wildman–Crippen MR) is 47.0 cm³/mol. The van der Waals surface area contributed by atoms with Crippen LogP contribution in [0.3, 0.4) is 0 Å². The Morgan fingerprint density at radius 2 is 2.18 bits per heavy atom. The average molecular weight is 148 g/mol. The lowest BCUT2D eigenvalue weighted by atomic mass is 9.86. The molecule has 0 N–H and O–H groups in total. The summed E-state index contributed by atoms with van der Waals surface area (Å²) in [5.74, 6) is 5.91. The van der Waals surface area contributed by atoms with Gasteiger partial charge in [-0.1, -0.05) is 6.42 Å². The molecule has 0 aromatic heterocycles. The summed E-state index contributed by atoms with van der Waals surface area (Å²) < 4.78 is 0. The minimum absolute atomic E-state index is 1.00. The zero-order valence-electron chi connectivity index (χ0n) is 7.05. The van der Waals surface area contributed by atoms with E-state index < -0.39 is 0 Å². The third-order valence-corrected chi connectivity index (χ3v) is 3.54. The Morgan fingerprint density at radius 3 is 2.73 bits per heavy atom. The molecule has 0 amide bonds. The molecule has 0 aliphatic heterocycles. The standard InChI is InChI=1S/C11H16/c1-2-3-4-10-7-9-5-6-11(10)8-9/h1,9-11H,3-8H2. The molecule has 3 unspecified atom stereocenters. The molecule has 0 radical (unpaired) electrons. The highest BCUT2D eigenvalue weighted by atomic mass is 14.4. The predicted octanol–water partition coefficient (Wildman–Crippen LogP) is 2.84. The van der Waals surface area contributed by atoms with Gasteiger partial charge in [0.2, 0.25) is 0 Å². The minimum Gasteiger partial charge on any atom is -0.120 e. The first kappa shape index (κ1) is 7.22. The van der Waals surface area contributed by atoms with E-state index in [2.05, 4.69) is 5.92 Å². The monoisotopic (exact) mass is 148 g/mol. The van der Waals surface area contributed by atoms with Crippen molar-refractivity contribution in [2.45, 2.75) is 38.5 Å². The summed E-state index contributed by atoms with van der Waals surface area (Å²) >= 11 is 0. The summed E-state index contributed by atoms with van der Waals surface area (Å²) in [6.07, 6.45) is 13.6. The van der Waals surface area contributed by atoms with Crippen LogP contribution >= 0.6 is 0 Å². The minimum atomic E-state index is 1.00. The molecule has 0 nitrogen and oxygen atoms in total. The van der Waals surface area contributed by atoms with Crippen molar-refractivity contribution in [2.75, 3.05) is 0 Å². The smallest absolute Gasteiger partial charge is 0.00888 e. The zero-order chi connectivity index (χ0) is 7.68. The van der Waals surface area contributed by atoms with E-state index in [1.54, 1.807) is 0 Å². The Kier molecular flexibility index (Phi) is 1.90. The first-order valence-electron chi connectivity index (χ1n) is 4.83. The first-order valence-corrected chi connectivity index (χ1v) is 4.83. The van der Waals surface area contributed by atoms with E-state index in [0.29, 0.717) is 0 Å². The molecule has 0 aromatic rings. The molecular formula is C11H16. The van der Waals surface area contributed by atoms with Crippen LogP contribution in [0.5, 0.6) is 0 Å². The molecule has 0 aromatic carbocycles. The van der Waals surface area contributed by atoms with Crippen LogP contribution in [-0.2, 0) is 0 Å². The van der Waals surface area contributed by atoms with Crippen LogP contribution in [0.25, 0.3) is 0 Å². The first-order chi connectivity index (χ1) is 5.40. The summed E-state index contributed by atoms with van der Waals surface area (Å²) in [5, 5.41) is 0. The maximum absolute atomic E-state index is 5.25. The van der Waals surface area contributed by atoms with Crippen LogP contribution in [-0.4, -0.2) is 0 Å². The third-order valence-electron chi connectivity index (χ3n) is 3.54. The lowest BCUT2D eigenvalue weighted by molar-refractivity contribution is 0.317. The van der Waals surface area contributed by atoms with Gasteiger partial charge in [0.25, 0.3) is 0 Å². The van der Waals surface area contributed by atoms with Gasteiger partial charge in [-0.25, -0.2) is 0 Å². The molecule has 2 saturated carbocycles. The van der Waals surface area contributed by atoms with Crippen molar-refractivity contribution in [1.82, 2.24) is 0 Å². The molecule has 2 rings (SSSR count). The molecule has 0 saturated heterocycles. The largest absolute Gasteiger partial charge is 0.120 e. The summed E-state index contributed by atoms with van der Waals surface area (Å²) in [6.45, 7) is 0. The van der Waals surface area contributed by atoms with Gasteiger partial charge in [-0.2, -0.15) is 0 Å². The molecule has 0 heteroatoms. The Labute approximate surface area is 69.4 Å². The second-order valence-corrected chi connectivity index (χ2v) is 4.18. The van der Waals surface area contributed by atoms with Gasteiger partial charge < -0.3 is 0 Å². The van der Waals surface area contributed by atoms with E-state index in [9.17, 15) is 0 Å². The number of rotatable bonds is 2. The normalized spacial score (nSPS) is 40.8. The molecule has 60 valence electrons. The van der Waals surface area contributed by atoms with Crippen molar-refractivity contribution in [1.29, 1.82) is 0 Å². The Hall–Kier alpha value is -0.440. The maximum Gasteiger partial charge on any atom is 0.00888 e. The van der Waals surface area contributed by atoms with Crippen LogP contribution in [0.1, 0.15) is 38.5 Å². The highest BCUT2D eigenvalue weighted by Crippen LogP contribution is 2.49. The van der Waals surface area contributed by atoms with Crippen molar-refractivity contribution in [2.24, 2.45) is 17.8 Å².